The number of aromatic hydroxyl groups is 1. The van der Waals surface area contributed by atoms with Crippen LogP contribution in [0.25, 0.3) is 10.8 Å². The minimum atomic E-state index is -0.865. The lowest BCUT2D eigenvalue weighted by molar-refractivity contribution is 0.414. The third kappa shape index (κ3) is 4.46. The molecule has 36 heavy (non-hydrogen) atoms. The van der Waals surface area contributed by atoms with Crippen LogP contribution < -0.4 is 26.2 Å². The highest BCUT2D eigenvalue weighted by atomic mass is 16.5. The fourth-order valence-electron chi connectivity index (χ4n) is 4.44. The smallest absolute Gasteiger partial charge is 0.271 e. The second-order valence-electron chi connectivity index (χ2n) is 8.83. The van der Waals surface area contributed by atoms with Gasteiger partial charge in [0.1, 0.15) is 11.4 Å². The molecule has 0 aromatic heterocycles. The van der Waals surface area contributed by atoms with Crippen molar-refractivity contribution in [2.45, 2.75) is 19.0 Å². The average Bonchev–Trinajstić information content (AvgIpc) is 2.93. The highest BCUT2D eigenvalue weighted by Gasteiger charge is 2.22. The van der Waals surface area contributed by atoms with E-state index in [4.69, 9.17) is 4.74 Å². The van der Waals surface area contributed by atoms with E-state index in [-0.39, 0.29) is 17.8 Å². The zero-order valence-electron chi connectivity index (χ0n) is 20.0. The molecule has 0 aliphatic rings. The van der Waals surface area contributed by atoms with Crippen molar-refractivity contribution in [1.29, 1.82) is 0 Å². The predicted molar refractivity (Wildman–Crippen MR) is 143 cm³/mol. The number of nitrogens with one attached hydrogen (secondary N) is 2. The Morgan fingerprint density at radius 3 is 2.19 bits per heavy atom. The molecular formula is C30H26N2O4. The van der Waals surface area contributed by atoms with Crippen molar-refractivity contribution in [1.82, 2.24) is 5.32 Å². The van der Waals surface area contributed by atoms with Crippen LogP contribution in [-0.4, -0.2) is 12.2 Å². The van der Waals surface area contributed by atoms with Gasteiger partial charge in [0.05, 0.1) is 13.2 Å². The van der Waals surface area contributed by atoms with Gasteiger partial charge >= 0.3 is 0 Å². The summed E-state index contributed by atoms with van der Waals surface area (Å²) >= 11 is 0. The molecule has 2 atom stereocenters. The van der Waals surface area contributed by atoms with Gasteiger partial charge in [0, 0.05) is 11.7 Å². The Bertz CT molecular complexity index is 1600. The highest BCUT2D eigenvalue weighted by Crippen LogP contribution is 2.31. The summed E-state index contributed by atoms with van der Waals surface area (Å²) < 4.78 is 5.34. The minimum absolute atomic E-state index is 0.0240. The van der Waals surface area contributed by atoms with E-state index in [9.17, 15) is 14.7 Å². The van der Waals surface area contributed by atoms with Crippen LogP contribution >= 0.6 is 0 Å². The molecule has 0 heterocycles. The van der Waals surface area contributed by atoms with E-state index in [2.05, 4.69) is 47.9 Å². The molecule has 6 nitrogen and oxygen atoms in total. The molecule has 0 radical (unpaired) electrons. The first kappa shape index (κ1) is 23.3. The van der Waals surface area contributed by atoms with Crippen molar-refractivity contribution in [2.75, 3.05) is 12.4 Å². The number of fused-ring (bicyclic) bond motifs is 1. The molecule has 1 unspecified atom stereocenters. The van der Waals surface area contributed by atoms with Gasteiger partial charge in [0.15, 0.2) is 5.75 Å². The maximum atomic E-state index is 11.8. The minimum Gasteiger partial charge on any atom is -0.502 e. The largest absolute Gasteiger partial charge is 0.502 e. The Kier molecular flexibility index (Phi) is 6.27. The third-order valence-electron chi connectivity index (χ3n) is 6.51. The number of anilines is 2. The van der Waals surface area contributed by atoms with Gasteiger partial charge in [-0.2, -0.15) is 0 Å². The van der Waals surface area contributed by atoms with Crippen LogP contribution in [0.4, 0.5) is 11.4 Å². The average molecular weight is 479 g/mol. The summed E-state index contributed by atoms with van der Waals surface area (Å²) in [7, 11) is 1.64. The maximum Gasteiger partial charge on any atom is 0.271 e. The first-order valence-corrected chi connectivity index (χ1v) is 11.7. The summed E-state index contributed by atoms with van der Waals surface area (Å²) in [5.74, 6) is 0.242. The van der Waals surface area contributed by atoms with Gasteiger partial charge < -0.3 is 15.2 Å². The van der Waals surface area contributed by atoms with E-state index in [1.165, 1.54) is 10.8 Å². The number of methoxy groups -OCH3 is 1. The lowest BCUT2D eigenvalue weighted by Crippen LogP contribution is -2.32. The summed E-state index contributed by atoms with van der Waals surface area (Å²) in [6, 6.07) is 30.1. The van der Waals surface area contributed by atoms with Gasteiger partial charge in [0.25, 0.3) is 10.9 Å². The maximum absolute atomic E-state index is 11.8. The molecule has 180 valence electrons. The standard InChI is InChI=1S/C30H26N2O4/c1-18(21-11-10-19-6-3-4-7-22(19)16-21)31-26(20-12-14-25(36-2)15-13-20)23-8-5-9-24(17-23)32-27-28(33)30(35)29(27)34/h3-18,26,31-33H,1-2H3/t18-,26?/m1/s1. The van der Waals surface area contributed by atoms with E-state index in [0.29, 0.717) is 5.69 Å². The van der Waals surface area contributed by atoms with Gasteiger partial charge in [0.2, 0.25) is 0 Å². The van der Waals surface area contributed by atoms with Gasteiger partial charge in [-0.1, -0.05) is 60.7 Å². The van der Waals surface area contributed by atoms with Crippen LogP contribution in [0, 0.1) is 0 Å². The van der Waals surface area contributed by atoms with Gasteiger partial charge in [-0.05, 0) is 64.7 Å². The van der Waals surface area contributed by atoms with Crippen molar-refractivity contribution in [3.05, 3.63) is 128 Å². The molecule has 0 aliphatic heterocycles. The molecule has 0 saturated heterocycles. The van der Waals surface area contributed by atoms with E-state index in [1.807, 2.05) is 54.6 Å². The third-order valence-corrected chi connectivity index (χ3v) is 6.51. The Morgan fingerprint density at radius 2 is 1.47 bits per heavy atom. The zero-order chi connectivity index (χ0) is 25.2. The summed E-state index contributed by atoms with van der Waals surface area (Å²) in [6.45, 7) is 2.13. The molecule has 0 bridgehead atoms. The normalized spacial score (nSPS) is 12.9. The van der Waals surface area contributed by atoms with Crippen LogP contribution in [0.5, 0.6) is 11.5 Å². The molecule has 0 saturated carbocycles. The van der Waals surface area contributed by atoms with Crippen molar-refractivity contribution >= 4 is 22.1 Å². The van der Waals surface area contributed by atoms with Crippen LogP contribution in [0.2, 0.25) is 0 Å². The second kappa shape index (κ2) is 9.68. The fourth-order valence-corrected chi connectivity index (χ4v) is 4.44. The lowest BCUT2D eigenvalue weighted by atomic mass is 9.95. The van der Waals surface area contributed by atoms with E-state index < -0.39 is 16.6 Å². The monoisotopic (exact) mass is 478 g/mol. The van der Waals surface area contributed by atoms with E-state index >= 15 is 0 Å². The number of ether oxygens (including phenoxy) is 1. The van der Waals surface area contributed by atoms with E-state index in [0.717, 1.165) is 22.4 Å². The van der Waals surface area contributed by atoms with Gasteiger partial charge in [-0.3, -0.25) is 14.9 Å². The Hall–Kier alpha value is -4.42. The molecule has 6 heteroatoms. The molecule has 3 N–H and O–H groups in total. The number of hydrogen-bond acceptors (Lipinski definition) is 6. The topological polar surface area (TPSA) is 87.7 Å². The van der Waals surface area contributed by atoms with Crippen molar-refractivity contribution in [2.24, 2.45) is 0 Å². The molecule has 5 aromatic rings. The van der Waals surface area contributed by atoms with Crippen molar-refractivity contribution in [3.63, 3.8) is 0 Å². The van der Waals surface area contributed by atoms with Crippen molar-refractivity contribution in [3.8, 4) is 11.5 Å². The van der Waals surface area contributed by atoms with Crippen LogP contribution in [0.3, 0.4) is 0 Å². The number of hydrogen-bond donors (Lipinski definition) is 3. The second-order valence-corrected chi connectivity index (χ2v) is 8.83. The zero-order valence-corrected chi connectivity index (χ0v) is 20.0. The Labute approximate surface area is 208 Å². The number of rotatable bonds is 8. The fraction of sp³-hybridized carbons (Fsp3) is 0.133. The molecule has 0 spiro atoms. The molecule has 0 amide bonds. The lowest BCUT2D eigenvalue weighted by Gasteiger charge is -2.26. The highest BCUT2D eigenvalue weighted by molar-refractivity contribution is 5.83. The first-order valence-electron chi connectivity index (χ1n) is 11.7. The first-order chi connectivity index (χ1) is 17.4. The summed E-state index contributed by atoms with van der Waals surface area (Å²) in [4.78, 5) is 23.2. The molecule has 0 aliphatic carbocycles. The molecule has 0 fully saturated rings. The van der Waals surface area contributed by atoms with Gasteiger partial charge in [-0.15, -0.1) is 0 Å². The summed E-state index contributed by atoms with van der Waals surface area (Å²) in [5.41, 5.74) is 2.11. The Morgan fingerprint density at radius 1 is 0.750 bits per heavy atom. The van der Waals surface area contributed by atoms with Crippen LogP contribution in [0.1, 0.15) is 35.7 Å². The molecule has 5 rings (SSSR count). The van der Waals surface area contributed by atoms with E-state index in [1.54, 1.807) is 13.2 Å². The Balaban J connectivity index is 1.48. The van der Waals surface area contributed by atoms with Gasteiger partial charge in [-0.25, -0.2) is 0 Å². The SMILES string of the molecule is COc1ccc(C(N[C@H](C)c2ccc3ccccc3c2)c2cccc(Nc3c(O)c(=O)c3=O)c2)cc1. The molecule has 5 aromatic carbocycles. The van der Waals surface area contributed by atoms with Crippen LogP contribution in [-0.2, 0) is 0 Å². The summed E-state index contributed by atoms with van der Waals surface area (Å²) in [5, 5.41) is 18.8. The summed E-state index contributed by atoms with van der Waals surface area (Å²) in [6.07, 6.45) is 0. The quantitative estimate of drug-likeness (QED) is 0.261. The molecular weight excluding hydrogens is 452 g/mol. The van der Waals surface area contributed by atoms with Crippen molar-refractivity contribution < 1.29 is 9.84 Å². The van der Waals surface area contributed by atoms with Crippen LogP contribution in [0.15, 0.2) is 101 Å². The predicted octanol–water partition coefficient (Wildman–Crippen LogP) is 5.33. The number of benzene rings is 4.